The van der Waals surface area contributed by atoms with E-state index in [1.807, 2.05) is 0 Å². The third-order valence-corrected chi connectivity index (χ3v) is 3.29. The Morgan fingerprint density at radius 3 is 2.69 bits per heavy atom. The van der Waals surface area contributed by atoms with Gasteiger partial charge in [-0.25, -0.2) is 0 Å². The second-order valence-corrected chi connectivity index (χ2v) is 4.81. The van der Waals surface area contributed by atoms with Gasteiger partial charge < -0.3 is 10.6 Å². The summed E-state index contributed by atoms with van der Waals surface area (Å²) in [5.74, 6) is 0.861. The van der Waals surface area contributed by atoms with E-state index in [0.717, 1.165) is 45.3 Å². The summed E-state index contributed by atoms with van der Waals surface area (Å²) in [5.41, 5.74) is 0. The molecule has 1 aliphatic rings. The number of hydrogen-bond donors (Lipinski definition) is 2. The van der Waals surface area contributed by atoms with Gasteiger partial charge in [0.25, 0.3) is 0 Å². The molecule has 16 heavy (non-hydrogen) atoms. The zero-order valence-corrected chi connectivity index (χ0v) is 10.6. The molecule has 0 atom stereocenters. The third-order valence-electron chi connectivity index (χ3n) is 3.29. The number of piperidine rings is 1. The average molecular weight is 226 g/mol. The number of nitrogens with one attached hydrogen (secondary N) is 2. The molecule has 3 nitrogen and oxygen atoms in total. The summed E-state index contributed by atoms with van der Waals surface area (Å²) in [6.07, 6.45) is 7.95. The zero-order chi connectivity index (χ0) is 11.6. The standard InChI is InChI=1S/C13H26N2O/c1-2-3-4-5-8-15-13(16)11-12-6-9-14-10-7-12/h12,14H,2-11H2,1H3,(H,15,16). The van der Waals surface area contributed by atoms with E-state index in [-0.39, 0.29) is 5.91 Å². The van der Waals surface area contributed by atoms with Crippen LogP contribution in [0.25, 0.3) is 0 Å². The highest BCUT2D eigenvalue weighted by Gasteiger charge is 2.16. The highest BCUT2D eigenvalue weighted by atomic mass is 16.1. The molecular weight excluding hydrogens is 200 g/mol. The highest BCUT2D eigenvalue weighted by Crippen LogP contribution is 2.15. The lowest BCUT2D eigenvalue weighted by atomic mass is 9.94. The lowest BCUT2D eigenvalue weighted by Gasteiger charge is -2.21. The first-order valence-electron chi connectivity index (χ1n) is 6.80. The molecule has 1 fully saturated rings. The van der Waals surface area contributed by atoms with Crippen LogP contribution in [0.2, 0.25) is 0 Å². The lowest BCUT2D eigenvalue weighted by Crippen LogP contribution is -2.32. The molecular formula is C13H26N2O. The van der Waals surface area contributed by atoms with E-state index >= 15 is 0 Å². The summed E-state index contributed by atoms with van der Waals surface area (Å²) < 4.78 is 0. The summed E-state index contributed by atoms with van der Waals surface area (Å²) in [5, 5.41) is 6.35. The normalized spacial score (nSPS) is 17.3. The maximum Gasteiger partial charge on any atom is 0.220 e. The maximum absolute atomic E-state index is 11.6. The first-order chi connectivity index (χ1) is 7.83. The molecule has 0 aromatic heterocycles. The molecule has 0 aromatic rings. The van der Waals surface area contributed by atoms with E-state index in [9.17, 15) is 4.79 Å². The molecule has 1 amide bonds. The quantitative estimate of drug-likeness (QED) is 0.653. The maximum atomic E-state index is 11.6. The van der Waals surface area contributed by atoms with Crippen molar-refractivity contribution in [1.29, 1.82) is 0 Å². The Hall–Kier alpha value is -0.570. The Kier molecular flexibility index (Phi) is 7.23. The summed E-state index contributed by atoms with van der Waals surface area (Å²) in [6, 6.07) is 0. The Labute approximate surface area is 99.4 Å². The molecule has 1 rings (SSSR count). The predicted octanol–water partition coefficient (Wildman–Crippen LogP) is 2.07. The molecule has 0 spiro atoms. The van der Waals surface area contributed by atoms with Crippen LogP contribution in [0, 0.1) is 5.92 Å². The fraction of sp³-hybridized carbons (Fsp3) is 0.923. The van der Waals surface area contributed by atoms with Crippen LogP contribution in [0.3, 0.4) is 0 Å². The van der Waals surface area contributed by atoms with Gasteiger partial charge in [0.15, 0.2) is 0 Å². The van der Waals surface area contributed by atoms with Gasteiger partial charge >= 0.3 is 0 Å². The van der Waals surface area contributed by atoms with Gasteiger partial charge in [0, 0.05) is 13.0 Å². The Morgan fingerprint density at radius 2 is 2.00 bits per heavy atom. The lowest BCUT2D eigenvalue weighted by molar-refractivity contribution is -0.122. The van der Waals surface area contributed by atoms with E-state index in [0.29, 0.717) is 5.92 Å². The van der Waals surface area contributed by atoms with E-state index in [2.05, 4.69) is 17.6 Å². The summed E-state index contributed by atoms with van der Waals surface area (Å²) in [6.45, 7) is 5.22. The van der Waals surface area contributed by atoms with Gasteiger partial charge in [0.05, 0.1) is 0 Å². The summed E-state index contributed by atoms with van der Waals surface area (Å²) in [7, 11) is 0. The van der Waals surface area contributed by atoms with Crippen molar-refractivity contribution in [3.8, 4) is 0 Å². The molecule has 0 saturated carbocycles. The average Bonchev–Trinajstić information content (AvgIpc) is 2.30. The molecule has 1 aliphatic heterocycles. The fourth-order valence-electron chi connectivity index (χ4n) is 2.20. The second kappa shape index (κ2) is 8.57. The topological polar surface area (TPSA) is 41.1 Å². The molecule has 1 saturated heterocycles. The SMILES string of the molecule is CCCCCCNC(=O)CC1CCNCC1. The van der Waals surface area contributed by atoms with Crippen LogP contribution >= 0.6 is 0 Å². The van der Waals surface area contributed by atoms with Crippen LogP contribution in [0.5, 0.6) is 0 Å². The van der Waals surface area contributed by atoms with Crippen molar-refractivity contribution in [2.75, 3.05) is 19.6 Å². The monoisotopic (exact) mass is 226 g/mol. The molecule has 0 aliphatic carbocycles. The van der Waals surface area contributed by atoms with Crippen molar-refractivity contribution < 1.29 is 4.79 Å². The molecule has 3 heteroatoms. The Bertz CT molecular complexity index is 188. The number of amides is 1. The van der Waals surface area contributed by atoms with Gasteiger partial charge in [-0.1, -0.05) is 26.2 Å². The molecule has 0 radical (unpaired) electrons. The minimum atomic E-state index is 0.253. The second-order valence-electron chi connectivity index (χ2n) is 4.81. The fourth-order valence-corrected chi connectivity index (χ4v) is 2.20. The molecule has 0 bridgehead atoms. The first kappa shape index (κ1) is 13.5. The van der Waals surface area contributed by atoms with Gasteiger partial charge in [0.2, 0.25) is 5.91 Å². The van der Waals surface area contributed by atoms with Crippen molar-refractivity contribution in [2.45, 2.75) is 51.9 Å². The largest absolute Gasteiger partial charge is 0.356 e. The van der Waals surface area contributed by atoms with Crippen LogP contribution in [-0.4, -0.2) is 25.5 Å². The van der Waals surface area contributed by atoms with Crippen LogP contribution < -0.4 is 10.6 Å². The molecule has 94 valence electrons. The Balaban J connectivity index is 1.97. The van der Waals surface area contributed by atoms with E-state index in [1.165, 1.54) is 19.3 Å². The van der Waals surface area contributed by atoms with Gasteiger partial charge in [-0.2, -0.15) is 0 Å². The van der Waals surface area contributed by atoms with Crippen molar-refractivity contribution in [3.63, 3.8) is 0 Å². The molecule has 2 N–H and O–H groups in total. The van der Waals surface area contributed by atoms with Crippen molar-refractivity contribution >= 4 is 5.91 Å². The van der Waals surface area contributed by atoms with Gasteiger partial charge in [-0.3, -0.25) is 4.79 Å². The van der Waals surface area contributed by atoms with Gasteiger partial charge in [-0.05, 0) is 38.3 Å². The number of carbonyl (C=O) groups is 1. The molecule has 1 heterocycles. The summed E-state index contributed by atoms with van der Waals surface area (Å²) >= 11 is 0. The van der Waals surface area contributed by atoms with Crippen molar-refractivity contribution in [3.05, 3.63) is 0 Å². The van der Waals surface area contributed by atoms with Gasteiger partial charge in [-0.15, -0.1) is 0 Å². The van der Waals surface area contributed by atoms with Crippen LogP contribution in [-0.2, 0) is 4.79 Å². The first-order valence-corrected chi connectivity index (χ1v) is 6.80. The molecule has 0 unspecified atom stereocenters. The highest BCUT2D eigenvalue weighted by molar-refractivity contribution is 5.76. The summed E-state index contributed by atoms with van der Waals surface area (Å²) in [4.78, 5) is 11.6. The van der Waals surface area contributed by atoms with E-state index in [1.54, 1.807) is 0 Å². The number of hydrogen-bond acceptors (Lipinski definition) is 2. The number of unbranched alkanes of at least 4 members (excludes halogenated alkanes) is 3. The molecule has 0 aromatic carbocycles. The van der Waals surface area contributed by atoms with E-state index < -0.39 is 0 Å². The minimum Gasteiger partial charge on any atom is -0.356 e. The van der Waals surface area contributed by atoms with Crippen LogP contribution in [0.15, 0.2) is 0 Å². The minimum absolute atomic E-state index is 0.253. The Morgan fingerprint density at radius 1 is 1.25 bits per heavy atom. The van der Waals surface area contributed by atoms with Crippen LogP contribution in [0.4, 0.5) is 0 Å². The van der Waals surface area contributed by atoms with Crippen molar-refractivity contribution in [2.24, 2.45) is 5.92 Å². The van der Waals surface area contributed by atoms with Gasteiger partial charge in [0.1, 0.15) is 0 Å². The number of rotatable bonds is 7. The number of carbonyl (C=O) groups excluding carboxylic acids is 1. The van der Waals surface area contributed by atoms with E-state index in [4.69, 9.17) is 0 Å². The smallest absolute Gasteiger partial charge is 0.220 e. The van der Waals surface area contributed by atoms with Crippen molar-refractivity contribution in [1.82, 2.24) is 10.6 Å². The third kappa shape index (κ3) is 6.11. The zero-order valence-electron chi connectivity index (χ0n) is 10.6. The predicted molar refractivity (Wildman–Crippen MR) is 67.4 cm³/mol. The van der Waals surface area contributed by atoms with Crippen LogP contribution in [0.1, 0.15) is 51.9 Å².